The van der Waals surface area contributed by atoms with Crippen LogP contribution in [-0.2, 0) is 19.6 Å². The standard InChI is InChI=1S/C5H10O5S2/c1-4(11)5(6)10-2-3-12(7,8)9/h4,11H,2-3H2,1H3,(H,7,8,9). The fourth-order valence-corrected chi connectivity index (χ4v) is 0.737. The van der Waals surface area contributed by atoms with Crippen LogP contribution in [0.3, 0.4) is 0 Å². The van der Waals surface area contributed by atoms with Gasteiger partial charge in [0.15, 0.2) is 0 Å². The molecular formula is C5H10O5S2. The highest BCUT2D eigenvalue weighted by Gasteiger charge is 2.11. The maximum absolute atomic E-state index is 10.7. The summed E-state index contributed by atoms with van der Waals surface area (Å²) in [6.45, 7) is 1.15. The van der Waals surface area contributed by atoms with Gasteiger partial charge in [-0.1, -0.05) is 0 Å². The highest BCUT2D eigenvalue weighted by Crippen LogP contribution is 1.96. The second-order valence-corrected chi connectivity index (χ2v) is 4.48. The van der Waals surface area contributed by atoms with Crippen LogP contribution in [0.5, 0.6) is 0 Å². The van der Waals surface area contributed by atoms with Crippen molar-refractivity contribution in [2.75, 3.05) is 12.4 Å². The maximum atomic E-state index is 10.7. The van der Waals surface area contributed by atoms with Gasteiger partial charge in [0.05, 0.1) is 5.25 Å². The van der Waals surface area contributed by atoms with Crippen molar-refractivity contribution in [1.82, 2.24) is 0 Å². The monoisotopic (exact) mass is 214 g/mol. The van der Waals surface area contributed by atoms with Crippen LogP contribution in [-0.4, -0.2) is 36.5 Å². The Morgan fingerprint density at radius 3 is 2.50 bits per heavy atom. The molecule has 0 fully saturated rings. The molecule has 72 valence electrons. The number of esters is 1. The molecule has 0 bridgehead atoms. The van der Waals surface area contributed by atoms with Crippen molar-refractivity contribution in [2.45, 2.75) is 12.2 Å². The molecule has 0 amide bonds. The zero-order valence-corrected chi connectivity index (χ0v) is 8.14. The minimum absolute atomic E-state index is 0.345. The lowest BCUT2D eigenvalue weighted by Gasteiger charge is -2.04. The Labute approximate surface area is 76.3 Å². The Balaban J connectivity index is 3.66. The van der Waals surface area contributed by atoms with Crippen LogP contribution in [0.15, 0.2) is 0 Å². The number of carbonyl (C=O) groups excluding carboxylic acids is 1. The number of ether oxygens (including phenoxy) is 1. The van der Waals surface area contributed by atoms with E-state index in [1.54, 1.807) is 0 Å². The van der Waals surface area contributed by atoms with Gasteiger partial charge in [0, 0.05) is 0 Å². The van der Waals surface area contributed by atoms with Crippen LogP contribution in [0.2, 0.25) is 0 Å². The normalized spacial score (nSPS) is 13.9. The molecule has 0 spiro atoms. The third-order valence-corrected chi connectivity index (χ3v) is 1.82. The summed E-state index contributed by atoms with van der Waals surface area (Å²) in [7, 11) is -4.05. The van der Waals surface area contributed by atoms with Crippen molar-refractivity contribution in [3.05, 3.63) is 0 Å². The van der Waals surface area contributed by atoms with E-state index in [0.29, 0.717) is 0 Å². The molecule has 0 aromatic heterocycles. The average Bonchev–Trinajstić information content (AvgIpc) is 1.84. The minimum Gasteiger partial charge on any atom is -0.464 e. The first-order valence-electron chi connectivity index (χ1n) is 3.13. The fraction of sp³-hybridized carbons (Fsp3) is 0.800. The van der Waals surface area contributed by atoms with Crippen LogP contribution in [0.25, 0.3) is 0 Å². The van der Waals surface area contributed by atoms with E-state index >= 15 is 0 Å². The van der Waals surface area contributed by atoms with Gasteiger partial charge in [0.1, 0.15) is 12.4 Å². The Hall–Kier alpha value is -0.270. The van der Waals surface area contributed by atoms with E-state index in [1.165, 1.54) is 6.92 Å². The van der Waals surface area contributed by atoms with E-state index in [-0.39, 0.29) is 6.61 Å². The summed E-state index contributed by atoms with van der Waals surface area (Å²) in [5.41, 5.74) is 0. The second kappa shape index (κ2) is 4.68. The van der Waals surface area contributed by atoms with Gasteiger partial charge in [-0.15, -0.1) is 0 Å². The van der Waals surface area contributed by atoms with Gasteiger partial charge in [-0.25, -0.2) is 0 Å². The number of carbonyl (C=O) groups is 1. The molecule has 0 aromatic rings. The first-order valence-corrected chi connectivity index (χ1v) is 5.25. The van der Waals surface area contributed by atoms with Crippen molar-refractivity contribution in [3.63, 3.8) is 0 Å². The van der Waals surface area contributed by atoms with E-state index < -0.39 is 27.1 Å². The van der Waals surface area contributed by atoms with Crippen molar-refractivity contribution in [1.29, 1.82) is 0 Å². The molecule has 0 aliphatic heterocycles. The lowest BCUT2D eigenvalue weighted by molar-refractivity contribution is -0.141. The van der Waals surface area contributed by atoms with Gasteiger partial charge in [-0.2, -0.15) is 21.0 Å². The number of hydrogen-bond donors (Lipinski definition) is 2. The molecular weight excluding hydrogens is 204 g/mol. The molecule has 1 N–H and O–H groups in total. The molecule has 1 unspecified atom stereocenters. The summed E-state index contributed by atoms with van der Waals surface area (Å²) in [6.07, 6.45) is 0. The summed E-state index contributed by atoms with van der Waals surface area (Å²) >= 11 is 3.75. The molecule has 0 saturated carbocycles. The molecule has 0 saturated heterocycles. The van der Waals surface area contributed by atoms with Gasteiger partial charge < -0.3 is 4.74 Å². The molecule has 0 heterocycles. The third-order valence-electron chi connectivity index (χ3n) is 0.927. The van der Waals surface area contributed by atoms with Crippen LogP contribution in [0.4, 0.5) is 0 Å². The molecule has 0 aliphatic carbocycles. The van der Waals surface area contributed by atoms with E-state index in [1.807, 2.05) is 0 Å². The summed E-state index contributed by atoms with van der Waals surface area (Å²) in [4.78, 5) is 10.7. The van der Waals surface area contributed by atoms with Gasteiger partial charge in [-0.05, 0) is 6.92 Å². The fourth-order valence-electron chi connectivity index (χ4n) is 0.368. The van der Waals surface area contributed by atoms with E-state index in [4.69, 9.17) is 4.55 Å². The predicted molar refractivity (Wildman–Crippen MR) is 45.8 cm³/mol. The highest BCUT2D eigenvalue weighted by atomic mass is 32.2. The minimum atomic E-state index is -4.05. The smallest absolute Gasteiger partial charge is 0.318 e. The van der Waals surface area contributed by atoms with Crippen LogP contribution in [0.1, 0.15) is 6.92 Å². The molecule has 0 rings (SSSR count). The summed E-state index contributed by atoms with van der Waals surface area (Å²) < 4.78 is 32.9. The average molecular weight is 214 g/mol. The number of rotatable bonds is 4. The predicted octanol–water partition coefficient (Wildman–Crippen LogP) is -0.264. The third kappa shape index (κ3) is 6.44. The molecule has 12 heavy (non-hydrogen) atoms. The highest BCUT2D eigenvalue weighted by molar-refractivity contribution is 7.85. The zero-order chi connectivity index (χ0) is 9.78. The quantitative estimate of drug-likeness (QED) is 0.383. The van der Waals surface area contributed by atoms with Gasteiger partial charge in [0.25, 0.3) is 10.1 Å². The van der Waals surface area contributed by atoms with Gasteiger partial charge >= 0.3 is 5.97 Å². The lowest BCUT2D eigenvalue weighted by atomic mass is 10.5. The summed E-state index contributed by atoms with van der Waals surface area (Å²) in [5.74, 6) is -1.19. The van der Waals surface area contributed by atoms with E-state index in [0.717, 1.165) is 0 Å². The topological polar surface area (TPSA) is 80.7 Å². The van der Waals surface area contributed by atoms with Crippen molar-refractivity contribution >= 4 is 28.7 Å². The van der Waals surface area contributed by atoms with Gasteiger partial charge in [-0.3, -0.25) is 9.35 Å². The second-order valence-electron chi connectivity index (χ2n) is 2.13. The van der Waals surface area contributed by atoms with Crippen LogP contribution < -0.4 is 0 Å². The molecule has 1 atom stereocenters. The lowest BCUT2D eigenvalue weighted by Crippen LogP contribution is -2.19. The van der Waals surface area contributed by atoms with Crippen molar-refractivity contribution < 1.29 is 22.5 Å². The maximum Gasteiger partial charge on any atom is 0.318 e. The first kappa shape index (κ1) is 11.7. The molecule has 5 nitrogen and oxygen atoms in total. The van der Waals surface area contributed by atoms with Crippen molar-refractivity contribution in [3.8, 4) is 0 Å². The Kier molecular flexibility index (Phi) is 4.58. The van der Waals surface area contributed by atoms with Crippen LogP contribution in [0, 0.1) is 0 Å². The number of hydrogen-bond acceptors (Lipinski definition) is 5. The summed E-state index contributed by atoms with van der Waals surface area (Å²) in [5, 5.41) is -0.591. The Bertz CT molecular complexity index is 243. The molecule has 0 radical (unpaired) electrons. The molecule has 0 aromatic carbocycles. The number of thiol groups is 1. The summed E-state index contributed by atoms with van der Waals surface area (Å²) in [6, 6.07) is 0. The first-order chi connectivity index (χ1) is 5.33. The molecule has 0 aliphatic rings. The SMILES string of the molecule is CC(S)C(=O)OCCS(=O)(=O)O. The Morgan fingerprint density at radius 2 is 2.17 bits per heavy atom. The molecule has 7 heteroatoms. The Morgan fingerprint density at radius 1 is 1.67 bits per heavy atom. The zero-order valence-electron chi connectivity index (χ0n) is 6.43. The van der Waals surface area contributed by atoms with E-state index in [9.17, 15) is 13.2 Å². The van der Waals surface area contributed by atoms with Crippen molar-refractivity contribution in [2.24, 2.45) is 0 Å². The van der Waals surface area contributed by atoms with E-state index in [2.05, 4.69) is 17.4 Å². The van der Waals surface area contributed by atoms with Crippen LogP contribution >= 0.6 is 12.6 Å². The van der Waals surface area contributed by atoms with Gasteiger partial charge in [0.2, 0.25) is 0 Å². The largest absolute Gasteiger partial charge is 0.464 e.